The fraction of sp³-hybridized carbons (Fsp3) is 0.812. The highest BCUT2D eigenvalue weighted by molar-refractivity contribution is 14.1. The first-order valence-electron chi connectivity index (χ1n) is 7.77. The topological polar surface area (TPSA) is 91.7 Å². The number of halogens is 1. The fourth-order valence-corrected chi connectivity index (χ4v) is 2.73. The van der Waals surface area contributed by atoms with Crippen LogP contribution in [-0.2, 0) is 14.4 Å². The molecule has 0 radical (unpaired) electrons. The number of carboxylic acid groups (broad SMARTS) is 2. The van der Waals surface area contributed by atoms with Crippen LogP contribution in [0.1, 0.15) is 65.2 Å². The van der Waals surface area contributed by atoms with Crippen LogP contribution in [0.3, 0.4) is 0 Å². The van der Waals surface area contributed by atoms with Gasteiger partial charge in [0.15, 0.2) is 0 Å². The molecule has 5 nitrogen and oxygen atoms in total. The van der Waals surface area contributed by atoms with E-state index in [4.69, 9.17) is 5.11 Å². The minimum atomic E-state index is -1.06. The van der Waals surface area contributed by atoms with Crippen molar-refractivity contribution in [1.29, 1.82) is 0 Å². The molecule has 128 valence electrons. The van der Waals surface area contributed by atoms with Gasteiger partial charge in [-0.25, -0.2) is 0 Å². The molecule has 6 heteroatoms. The molecule has 0 fully saturated rings. The minimum absolute atomic E-state index is 0.196. The third kappa shape index (κ3) is 8.70. The van der Waals surface area contributed by atoms with Gasteiger partial charge < -0.3 is 10.2 Å². The molecule has 0 spiro atoms. The highest BCUT2D eigenvalue weighted by Gasteiger charge is 2.28. The van der Waals surface area contributed by atoms with Gasteiger partial charge in [0.1, 0.15) is 11.7 Å². The zero-order valence-corrected chi connectivity index (χ0v) is 15.6. The predicted molar refractivity (Wildman–Crippen MR) is 93.4 cm³/mol. The van der Waals surface area contributed by atoms with Crippen molar-refractivity contribution in [3.05, 3.63) is 0 Å². The molecule has 2 N–H and O–H groups in total. The first kappa shape index (κ1) is 21.3. The van der Waals surface area contributed by atoms with E-state index < -0.39 is 23.3 Å². The molecule has 22 heavy (non-hydrogen) atoms. The van der Waals surface area contributed by atoms with E-state index in [0.29, 0.717) is 32.1 Å². The van der Waals surface area contributed by atoms with Crippen LogP contribution in [0.5, 0.6) is 0 Å². The molecule has 0 saturated heterocycles. The van der Waals surface area contributed by atoms with Gasteiger partial charge in [-0.3, -0.25) is 14.4 Å². The lowest BCUT2D eigenvalue weighted by Gasteiger charge is -2.19. The number of hydrogen-bond donors (Lipinski definition) is 2. The van der Waals surface area contributed by atoms with Crippen LogP contribution in [-0.4, -0.2) is 32.4 Å². The van der Waals surface area contributed by atoms with Gasteiger partial charge in [-0.05, 0) is 44.0 Å². The third-order valence-corrected chi connectivity index (χ3v) is 4.63. The standard InChI is InChI=1S/C16H27IO5/c1-16(2,15(21)22)10-6-5-8-12(14(19)20)13(18)9-4-3-7-11-17/h12H,3-11H2,1-2H3,(H,19,20)(H,21,22). The van der Waals surface area contributed by atoms with E-state index in [0.717, 1.165) is 23.7 Å². The molecule has 0 bridgehead atoms. The molecule has 1 unspecified atom stereocenters. The number of alkyl halides is 1. The second-order valence-corrected chi connectivity index (χ2v) is 7.37. The molecule has 0 saturated carbocycles. The first-order valence-corrected chi connectivity index (χ1v) is 9.30. The quantitative estimate of drug-likeness (QED) is 0.202. The summed E-state index contributed by atoms with van der Waals surface area (Å²) in [6.07, 6.45) is 5.04. The zero-order valence-electron chi connectivity index (χ0n) is 13.4. The van der Waals surface area contributed by atoms with Crippen LogP contribution in [0.25, 0.3) is 0 Å². The third-order valence-electron chi connectivity index (χ3n) is 3.87. The Labute approximate surface area is 146 Å². The van der Waals surface area contributed by atoms with Crippen LogP contribution in [0.4, 0.5) is 0 Å². The summed E-state index contributed by atoms with van der Waals surface area (Å²) in [7, 11) is 0. The molecule has 0 aliphatic heterocycles. The summed E-state index contributed by atoms with van der Waals surface area (Å²) in [5.74, 6) is -3.05. The lowest BCUT2D eigenvalue weighted by atomic mass is 9.85. The average Bonchev–Trinajstić information content (AvgIpc) is 2.42. The Morgan fingerprint density at radius 2 is 1.64 bits per heavy atom. The summed E-state index contributed by atoms with van der Waals surface area (Å²) in [6, 6.07) is 0. The summed E-state index contributed by atoms with van der Waals surface area (Å²) in [5, 5.41) is 18.2. The highest BCUT2D eigenvalue weighted by Crippen LogP contribution is 2.25. The molecular weight excluding hydrogens is 399 g/mol. The monoisotopic (exact) mass is 426 g/mol. The number of unbranched alkanes of at least 4 members (excludes halogenated alkanes) is 3. The zero-order chi connectivity index (χ0) is 17.2. The van der Waals surface area contributed by atoms with Crippen molar-refractivity contribution in [2.45, 2.75) is 65.2 Å². The SMILES string of the molecule is CC(C)(CCCCC(C(=O)O)C(=O)CCCCCI)C(=O)O. The Morgan fingerprint density at radius 1 is 1.00 bits per heavy atom. The Bertz CT molecular complexity index is 379. The van der Waals surface area contributed by atoms with E-state index in [1.54, 1.807) is 13.8 Å². The van der Waals surface area contributed by atoms with Gasteiger partial charge in [-0.15, -0.1) is 0 Å². The van der Waals surface area contributed by atoms with E-state index in [9.17, 15) is 19.5 Å². The van der Waals surface area contributed by atoms with Crippen LogP contribution in [0.15, 0.2) is 0 Å². The summed E-state index contributed by atoms with van der Waals surface area (Å²) in [5.41, 5.74) is -0.803. The lowest BCUT2D eigenvalue weighted by Crippen LogP contribution is -2.25. The largest absolute Gasteiger partial charge is 0.481 e. The van der Waals surface area contributed by atoms with Gasteiger partial charge >= 0.3 is 11.9 Å². The maximum atomic E-state index is 12.0. The molecule has 0 aromatic heterocycles. The van der Waals surface area contributed by atoms with Crippen molar-refractivity contribution < 1.29 is 24.6 Å². The fourth-order valence-electron chi connectivity index (χ4n) is 2.19. The van der Waals surface area contributed by atoms with E-state index in [-0.39, 0.29) is 5.78 Å². The van der Waals surface area contributed by atoms with Crippen molar-refractivity contribution in [2.75, 3.05) is 4.43 Å². The minimum Gasteiger partial charge on any atom is -0.481 e. The van der Waals surface area contributed by atoms with Crippen molar-refractivity contribution in [3.63, 3.8) is 0 Å². The van der Waals surface area contributed by atoms with Gasteiger partial charge in [0.05, 0.1) is 5.41 Å². The second kappa shape index (κ2) is 11.0. The van der Waals surface area contributed by atoms with Gasteiger partial charge in [0.2, 0.25) is 0 Å². The van der Waals surface area contributed by atoms with Crippen LogP contribution in [0, 0.1) is 11.3 Å². The number of carbonyl (C=O) groups excluding carboxylic acids is 1. The van der Waals surface area contributed by atoms with E-state index in [1.165, 1.54) is 0 Å². The number of carboxylic acids is 2. The van der Waals surface area contributed by atoms with Crippen molar-refractivity contribution in [3.8, 4) is 0 Å². The molecule has 0 heterocycles. The molecule has 1 atom stereocenters. The number of carbonyl (C=O) groups is 3. The van der Waals surface area contributed by atoms with E-state index in [2.05, 4.69) is 22.6 Å². The number of aliphatic carboxylic acids is 2. The number of rotatable bonds is 13. The van der Waals surface area contributed by atoms with Gasteiger partial charge in [-0.1, -0.05) is 41.9 Å². The van der Waals surface area contributed by atoms with E-state index >= 15 is 0 Å². The summed E-state index contributed by atoms with van der Waals surface area (Å²) >= 11 is 2.28. The summed E-state index contributed by atoms with van der Waals surface area (Å²) < 4.78 is 1.05. The average molecular weight is 426 g/mol. The molecule has 0 amide bonds. The van der Waals surface area contributed by atoms with Crippen LogP contribution < -0.4 is 0 Å². The second-order valence-electron chi connectivity index (χ2n) is 6.29. The van der Waals surface area contributed by atoms with Crippen molar-refractivity contribution in [1.82, 2.24) is 0 Å². The summed E-state index contributed by atoms with van der Waals surface area (Å²) in [6.45, 7) is 3.31. The molecule has 0 rings (SSSR count). The van der Waals surface area contributed by atoms with Crippen molar-refractivity contribution >= 4 is 40.3 Å². The molecular formula is C16H27IO5. The Morgan fingerprint density at radius 3 is 2.14 bits per heavy atom. The van der Waals surface area contributed by atoms with Gasteiger partial charge in [0, 0.05) is 6.42 Å². The maximum absolute atomic E-state index is 12.0. The Balaban J connectivity index is 4.17. The van der Waals surface area contributed by atoms with Crippen LogP contribution in [0.2, 0.25) is 0 Å². The number of ketones is 1. The number of Topliss-reactive ketones (excluding diaryl/α,β-unsaturated/α-hetero) is 1. The normalized spacial score (nSPS) is 12.9. The van der Waals surface area contributed by atoms with Crippen molar-refractivity contribution in [2.24, 2.45) is 11.3 Å². The molecule has 0 aromatic carbocycles. The Hall–Kier alpha value is -0.660. The summed E-state index contributed by atoms with van der Waals surface area (Å²) in [4.78, 5) is 34.2. The van der Waals surface area contributed by atoms with Gasteiger partial charge in [-0.2, -0.15) is 0 Å². The smallest absolute Gasteiger partial charge is 0.314 e. The van der Waals surface area contributed by atoms with Gasteiger partial charge in [0.25, 0.3) is 0 Å². The van der Waals surface area contributed by atoms with Crippen LogP contribution >= 0.6 is 22.6 Å². The lowest BCUT2D eigenvalue weighted by molar-refractivity contribution is -0.148. The van der Waals surface area contributed by atoms with E-state index in [1.807, 2.05) is 0 Å². The highest BCUT2D eigenvalue weighted by atomic mass is 127. The molecule has 0 aliphatic rings. The number of hydrogen-bond acceptors (Lipinski definition) is 3. The molecule has 0 aliphatic carbocycles. The predicted octanol–water partition coefficient (Wildman–Crippen LogP) is 3.92. The molecule has 0 aromatic rings. The first-order chi connectivity index (χ1) is 10.2. The Kier molecular flexibility index (Phi) is 10.6. The maximum Gasteiger partial charge on any atom is 0.314 e.